The smallest absolute Gasteiger partial charge is 0.243 e. The second-order valence-corrected chi connectivity index (χ2v) is 8.19. The van der Waals surface area contributed by atoms with Gasteiger partial charge in [-0.05, 0) is 38.4 Å². The Kier molecular flexibility index (Phi) is 10.0. The monoisotopic (exact) mass is 423 g/mol. The van der Waals surface area contributed by atoms with Crippen molar-refractivity contribution in [2.75, 3.05) is 34.2 Å². The summed E-state index contributed by atoms with van der Waals surface area (Å²) >= 11 is 0. The van der Waals surface area contributed by atoms with Gasteiger partial charge in [-0.25, -0.2) is 4.99 Å². The largest absolute Gasteiger partial charge is 0.356 e. The molecular formula is C25H37N5O. The third kappa shape index (κ3) is 8.80. The van der Waals surface area contributed by atoms with Crippen LogP contribution in [-0.4, -0.2) is 61.9 Å². The average molecular weight is 424 g/mol. The maximum absolute atomic E-state index is 12.0. The molecule has 0 fully saturated rings. The van der Waals surface area contributed by atoms with Crippen molar-refractivity contribution in [1.82, 2.24) is 20.4 Å². The van der Waals surface area contributed by atoms with E-state index in [0.29, 0.717) is 12.0 Å². The fourth-order valence-electron chi connectivity index (χ4n) is 3.12. The van der Waals surface area contributed by atoms with Gasteiger partial charge in [0.2, 0.25) is 5.91 Å². The van der Waals surface area contributed by atoms with Crippen molar-refractivity contribution in [3.8, 4) is 0 Å². The summed E-state index contributed by atoms with van der Waals surface area (Å²) < 4.78 is 0. The van der Waals surface area contributed by atoms with Gasteiger partial charge in [0.25, 0.3) is 0 Å². The molecular weight excluding hydrogens is 386 g/mol. The molecule has 2 aromatic rings. The minimum absolute atomic E-state index is 0.0237. The lowest BCUT2D eigenvalue weighted by molar-refractivity contribution is -0.127. The highest BCUT2D eigenvalue weighted by Gasteiger charge is 2.12. The van der Waals surface area contributed by atoms with E-state index in [9.17, 15) is 4.79 Å². The molecule has 0 aliphatic rings. The van der Waals surface area contributed by atoms with Crippen LogP contribution in [0.1, 0.15) is 37.4 Å². The minimum Gasteiger partial charge on any atom is -0.356 e. The molecule has 0 bridgehead atoms. The number of hydrogen-bond acceptors (Lipinski definition) is 3. The van der Waals surface area contributed by atoms with Gasteiger partial charge in [0, 0.05) is 33.2 Å². The van der Waals surface area contributed by atoms with Crippen LogP contribution in [0.5, 0.6) is 0 Å². The minimum atomic E-state index is -0.0237. The van der Waals surface area contributed by atoms with E-state index in [2.05, 4.69) is 77.8 Å². The Morgan fingerprint density at radius 3 is 2.19 bits per heavy atom. The number of amides is 1. The molecule has 168 valence electrons. The lowest BCUT2D eigenvalue weighted by Gasteiger charge is -2.25. The molecule has 2 N–H and O–H groups in total. The van der Waals surface area contributed by atoms with Gasteiger partial charge in [0.15, 0.2) is 5.96 Å². The molecule has 31 heavy (non-hydrogen) atoms. The van der Waals surface area contributed by atoms with Gasteiger partial charge in [-0.15, -0.1) is 0 Å². The summed E-state index contributed by atoms with van der Waals surface area (Å²) in [6.45, 7) is 6.13. The first kappa shape index (κ1) is 24.4. The van der Waals surface area contributed by atoms with Crippen LogP contribution in [-0.2, 0) is 11.3 Å². The number of carbonyl (C=O) groups is 1. The zero-order chi connectivity index (χ0) is 22.6. The molecule has 2 rings (SSSR count). The van der Waals surface area contributed by atoms with E-state index in [4.69, 9.17) is 0 Å². The number of nitrogens with one attached hydrogen (secondary N) is 2. The maximum atomic E-state index is 12.0. The second kappa shape index (κ2) is 12.7. The Hall–Kier alpha value is -2.86. The second-order valence-electron chi connectivity index (χ2n) is 8.19. The van der Waals surface area contributed by atoms with E-state index in [1.54, 1.807) is 19.0 Å². The molecule has 0 saturated carbocycles. The molecule has 0 saturated heterocycles. The highest BCUT2D eigenvalue weighted by Crippen LogP contribution is 2.11. The third-order valence-corrected chi connectivity index (χ3v) is 5.41. The number of rotatable bonds is 10. The molecule has 0 spiro atoms. The SMILES string of the molecule is CC(NC(=NCC(=O)N(C)C)NCCC(C)N(C)Cc1ccccc1)c1ccccc1. The van der Waals surface area contributed by atoms with E-state index in [1.807, 2.05) is 24.3 Å². The first-order valence-corrected chi connectivity index (χ1v) is 10.9. The zero-order valence-electron chi connectivity index (χ0n) is 19.5. The zero-order valence-corrected chi connectivity index (χ0v) is 19.5. The lowest BCUT2D eigenvalue weighted by Crippen LogP contribution is -2.41. The highest BCUT2D eigenvalue weighted by atomic mass is 16.2. The van der Waals surface area contributed by atoms with E-state index >= 15 is 0 Å². The van der Waals surface area contributed by atoms with E-state index < -0.39 is 0 Å². The summed E-state index contributed by atoms with van der Waals surface area (Å²) in [7, 11) is 5.64. The van der Waals surface area contributed by atoms with Crippen molar-refractivity contribution >= 4 is 11.9 Å². The van der Waals surface area contributed by atoms with Gasteiger partial charge in [-0.1, -0.05) is 60.7 Å². The summed E-state index contributed by atoms with van der Waals surface area (Å²) in [6, 6.07) is 21.2. The average Bonchev–Trinajstić information content (AvgIpc) is 2.78. The maximum Gasteiger partial charge on any atom is 0.243 e. The Morgan fingerprint density at radius 1 is 0.968 bits per heavy atom. The molecule has 0 heterocycles. The summed E-state index contributed by atoms with van der Waals surface area (Å²) in [5.74, 6) is 0.633. The number of hydrogen-bond donors (Lipinski definition) is 2. The fourth-order valence-corrected chi connectivity index (χ4v) is 3.12. The molecule has 6 heteroatoms. The summed E-state index contributed by atoms with van der Waals surface area (Å²) in [5, 5.41) is 6.83. The van der Waals surface area contributed by atoms with Crippen molar-refractivity contribution in [3.05, 3.63) is 71.8 Å². The number of guanidine groups is 1. The number of aliphatic imine (C=N–C) groups is 1. The number of benzene rings is 2. The first-order valence-electron chi connectivity index (χ1n) is 10.9. The van der Waals surface area contributed by atoms with Crippen LogP contribution in [0.25, 0.3) is 0 Å². The Balaban J connectivity index is 1.91. The Bertz CT molecular complexity index is 807. The predicted octanol–water partition coefficient (Wildman–Crippen LogP) is 3.28. The standard InChI is InChI=1S/C25H37N5O/c1-20(30(5)19-22-12-8-6-9-13-22)16-17-26-25(27-18-24(31)29(3)4)28-21(2)23-14-10-7-11-15-23/h6-15,20-21H,16-19H2,1-5H3,(H2,26,27,28). The molecule has 0 radical (unpaired) electrons. The lowest BCUT2D eigenvalue weighted by atomic mass is 10.1. The van der Waals surface area contributed by atoms with Crippen molar-refractivity contribution in [3.63, 3.8) is 0 Å². The molecule has 2 atom stereocenters. The number of likely N-dealkylation sites (N-methyl/N-ethyl adjacent to an activating group) is 1. The molecule has 2 unspecified atom stereocenters. The molecule has 6 nitrogen and oxygen atoms in total. The number of carbonyl (C=O) groups excluding carboxylic acids is 1. The van der Waals surface area contributed by atoms with Crippen LogP contribution >= 0.6 is 0 Å². The van der Waals surface area contributed by atoms with E-state index in [-0.39, 0.29) is 18.5 Å². The molecule has 1 amide bonds. The topological polar surface area (TPSA) is 60.0 Å². The summed E-state index contributed by atoms with van der Waals surface area (Å²) in [5.41, 5.74) is 2.49. The Labute approximate surface area is 187 Å². The van der Waals surface area contributed by atoms with Crippen LogP contribution in [0.4, 0.5) is 0 Å². The normalized spacial score (nSPS) is 13.5. The van der Waals surface area contributed by atoms with Crippen molar-refractivity contribution in [1.29, 1.82) is 0 Å². The Morgan fingerprint density at radius 2 is 1.58 bits per heavy atom. The molecule has 0 aliphatic heterocycles. The molecule has 0 aliphatic carbocycles. The van der Waals surface area contributed by atoms with Gasteiger partial charge >= 0.3 is 0 Å². The fraction of sp³-hybridized carbons (Fsp3) is 0.440. The highest BCUT2D eigenvalue weighted by molar-refractivity contribution is 5.85. The van der Waals surface area contributed by atoms with Crippen LogP contribution in [0, 0.1) is 0 Å². The first-order chi connectivity index (χ1) is 14.9. The van der Waals surface area contributed by atoms with E-state index in [0.717, 1.165) is 19.5 Å². The van der Waals surface area contributed by atoms with Crippen LogP contribution in [0.15, 0.2) is 65.7 Å². The third-order valence-electron chi connectivity index (χ3n) is 5.41. The quantitative estimate of drug-likeness (QED) is 0.455. The van der Waals surface area contributed by atoms with E-state index in [1.165, 1.54) is 11.1 Å². The summed E-state index contributed by atoms with van der Waals surface area (Å²) in [6.07, 6.45) is 0.964. The van der Waals surface area contributed by atoms with Crippen LogP contribution < -0.4 is 10.6 Å². The predicted molar refractivity (Wildman–Crippen MR) is 129 cm³/mol. The van der Waals surface area contributed by atoms with Gasteiger partial charge < -0.3 is 15.5 Å². The van der Waals surface area contributed by atoms with Gasteiger partial charge in [-0.2, -0.15) is 0 Å². The van der Waals surface area contributed by atoms with Crippen molar-refractivity contribution in [2.24, 2.45) is 4.99 Å². The van der Waals surface area contributed by atoms with Crippen molar-refractivity contribution in [2.45, 2.75) is 38.9 Å². The van der Waals surface area contributed by atoms with Gasteiger partial charge in [-0.3, -0.25) is 9.69 Å². The van der Waals surface area contributed by atoms with Gasteiger partial charge in [0.1, 0.15) is 6.54 Å². The summed E-state index contributed by atoms with van der Waals surface area (Å²) in [4.78, 5) is 20.4. The number of nitrogens with zero attached hydrogens (tertiary/aromatic N) is 3. The molecule has 0 aromatic heterocycles. The van der Waals surface area contributed by atoms with Crippen LogP contribution in [0.3, 0.4) is 0 Å². The van der Waals surface area contributed by atoms with Crippen LogP contribution in [0.2, 0.25) is 0 Å². The van der Waals surface area contributed by atoms with Crippen molar-refractivity contribution < 1.29 is 4.79 Å². The molecule has 2 aromatic carbocycles. The van der Waals surface area contributed by atoms with Gasteiger partial charge in [0.05, 0.1) is 6.04 Å².